The lowest BCUT2D eigenvalue weighted by atomic mass is 9.99. The van der Waals surface area contributed by atoms with Crippen LogP contribution in [0.15, 0.2) is 30.3 Å². The first-order valence-corrected chi connectivity index (χ1v) is 6.65. The van der Waals surface area contributed by atoms with Gasteiger partial charge in [-0.3, -0.25) is 4.79 Å². The Morgan fingerprint density at radius 2 is 1.94 bits per heavy atom. The van der Waals surface area contributed by atoms with Crippen molar-refractivity contribution in [3.63, 3.8) is 0 Å². The van der Waals surface area contributed by atoms with Gasteiger partial charge in [0.25, 0.3) is 0 Å². The molecule has 3 nitrogen and oxygen atoms in total. The molecule has 1 atom stereocenters. The Labute approximate surface area is 109 Å². The molecule has 0 saturated carbocycles. The summed E-state index contributed by atoms with van der Waals surface area (Å²) in [6.45, 7) is 5.20. The highest BCUT2D eigenvalue weighted by Crippen LogP contribution is 2.17. The average molecular weight is 249 g/mol. The van der Waals surface area contributed by atoms with Gasteiger partial charge in [-0.15, -0.1) is 0 Å². The highest BCUT2D eigenvalue weighted by molar-refractivity contribution is 5.83. The smallest absolute Gasteiger partial charge is 0.229 e. The van der Waals surface area contributed by atoms with E-state index in [1.54, 1.807) is 4.90 Å². The maximum atomic E-state index is 12.4. The molecule has 1 unspecified atom stereocenters. The second-order valence-corrected chi connectivity index (χ2v) is 4.53. The third-order valence-corrected chi connectivity index (χ3v) is 3.13. The number of unbranched alkanes of at least 4 members (excludes halogenated alkanes) is 1. The van der Waals surface area contributed by atoms with Crippen LogP contribution in [-0.2, 0) is 4.79 Å². The summed E-state index contributed by atoms with van der Waals surface area (Å²) in [4.78, 5) is 14.1. The minimum Gasteiger partial charge on any atom is -0.395 e. The Balaban J connectivity index is 2.69. The van der Waals surface area contributed by atoms with Gasteiger partial charge >= 0.3 is 0 Å². The maximum absolute atomic E-state index is 12.4. The standard InChI is InChI=1S/C15H23NO2/c1-3-4-10-16(11-12-17)15(18)13(2)14-8-6-5-7-9-14/h5-9,13,17H,3-4,10-12H2,1-2H3. The number of hydrogen-bond acceptors (Lipinski definition) is 2. The third kappa shape index (κ3) is 4.15. The first-order valence-electron chi connectivity index (χ1n) is 6.65. The summed E-state index contributed by atoms with van der Waals surface area (Å²) in [7, 11) is 0. The molecule has 0 spiro atoms. The van der Waals surface area contributed by atoms with Crippen molar-refractivity contribution in [1.82, 2.24) is 4.90 Å². The summed E-state index contributed by atoms with van der Waals surface area (Å²) in [5.41, 5.74) is 1.03. The maximum Gasteiger partial charge on any atom is 0.229 e. The molecule has 18 heavy (non-hydrogen) atoms. The van der Waals surface area contributed by atoms with Gasteiger partial charge in [-0.1, -0.05) is 43.7 Å². The molecular formula is C15H23NO2. The van der Waals surface area contributed by atoms with Crippen molar-refractivity contribution in [2.45, 2.75) is 32.6 Å². The number of hydrogen-bond donors (Lipinski definition) is 1. The second-order valence-electron chi connectivity index (χ2n) is 4.53. The number of amides is 1. The highest BCUT2D eigenvalue weighted by Gasteiger charge is 2.20. The van der Waals surface area contributed by atoms with Crippen molar-refractivity contribution in [2.24, 2.45) is 0 Å². The molecule has 3 heteroatoms. The number of nitrogens with zero attached hydrogens (tertiary/aromatic N) is 1. The normalized spacial score (nSPS) is 12.2. The van der Waals surface area contributed by atoms with Crippen LogP contribution in [0.2, 0.25) is 0 Å². The monoisotopic (exact) mass is 249 g/mol. The minimum absolute atomic E-state index is 0.0248. The lowest BCUT2D eigenvalue weighted by Gasteiger charge is -2.25. The number of benzene rings is 1. The van der Waals surface area contributed by atoms with E-state index >= 15 is 0 Å². The van der Waals surface area contributed by atoms with E-state index in [1.165, 1.54) is 0 Å². The molecule has 0 aliphatic rings. The van der Waals surface area contributed by atoms with Gasteiger partial charge < -0.3 is 10.0 Å². The van der Waals surface area contributed by atoms with E-state index in [0.29, 0.717) is 6.54 Å². The zero-order valence-electron chi connectivity index (χ0n) is 11.3. The summed E-state index contributed by atoms with van der Waals surface area (Å²) < 4.78 is 0. The van der Waals surface area contributed by atoms with Crippen LogP contribution < -0.4 is 0 Å². The van der Waals surface area contributed by atoms with Gasteiger partial charge in [0.1, 0.15) is 0 Å². The lowest BCUT2D eigenvalue weighted by molar-refractivity contribution is -0.133. The minimum atomic E-state index is -0.144. The molecule has 1 rings (SSSR count). The first-order chi connectivity index (χ1) is 8.70. The van der Waals surface area contributed by atoms with Gasteiger partial charge in [-0.25, -0.2) is 0 Å². The van der Waals surface area contributed by atoms with Crippen LogP contribution in [0.5, 0.6) is 0 Å². The fourth-order valence-electron chi connectivity index (χ4n) is 1.96. The molecule has 0 heterocycles. The molecule has 0 fully saturated rings. The molecule has 1 aromatic carbocycles. The zero-order valence-corrected chi connectivity index (χ0v) is 11.3. The second kappa shape index (κ2) is 7.88. The van der Waals surface area contributed by atoms with Gasteiger partial charge in [0.05, 0.1) is 12.5 Å². The van der Waals surface area contributed by atoms with E-state index in [2.05, 4.69) is 6.92 Å². The molecule has 100 valence electrons. The largest absolute Gasteiger partial charge is 0.395 e. The van der Waals surface area contributed by atoms with Crippen LogP contribution in [0.1, 0.15) is 38.2 Å². The molecule has 0 aliphatic heterocycles. The van der Waals surface area contributed by atoms with Crippen LogP contribution in [0.4, 0.5) is 0 Å². The van der Waals surface area contributed by atoms with Crippen LogP contribution >= 0.6 is 0 Å². The Bertz CT molecular complexity index is 351. The van der Waals surface area contributed by atoms with E-state index < -0.39 is 0 Å². The highest BCUT2D eigenvalue weighted by atomic mass is 16.3. The average Bonchev–Trinajstić information content (AvgIpc) is 2.43. The molecule has 1 N–H and O–H groups in total. The molecule has 0 radical (unpaired) electrons. The summed E-state index contributed by atoms with van der Waals surface area (Å²) in [5, 5.41) is 9.04. The number of carbonyl (C=O) groups is 1. The third-order valence-electron chi connectivity index (χ3n) is 3.13. The molecule has 1 amide bonds. The summed E-state index contributed by atoms with van der Waals surface area (Å²) in [6.07, 6.45) is 2.03. The number of aliphatic hydroxyl groups excluding tert-OH is 1. The van der Waals surface area contributed by atoms with E-state index in [-0.39, 0.29) is 18.4 Å². The van der Waals surface area contributed by atoms with Gasteiger partial charge in [-0.05, 0) is 18.9 Å². The predicted octanol–water partition coefficient (Wildman–Crippen LogP) is 2.41. The molecular weight excluding hydrogens is 226 g/mol. The molecule has 0 saturated heterocycles. The quantitative estimate of drug-likeness (QED) is 0.806. The van der Waals surface area contributed by atoms with Crippen molar-refractivity contribution in [2.75, 3.05) is 19.7 Å². The van der Waals surface area contributed by atoms with Gasteiger partial charge in [0, 0.05) is 13.1 Å². The number of carbonyl (C=O) groups excluding carboxylic acids is 1. The lowest BCUT2D eigenvalue weighted by Crippen LogP contribution is -2.37. The van der Waals surface area contributed by atoms with E-state index in [4.69, 9.17) is 5.11 Å². The van der Waals surface area contributed by atoms with Crippen molar-refractivity contribution < 1.29 is 9.90 Å². The topological polar surface area (TPSA) is 40.5 Å². The van der Waals surface area contributed by atoms with Crippen molar-refractivity contribution in [3.05, 3.63) is 35.9 Å². The van der Waals surface area contributed by atoms with Gasteiger partial charge in [0.15, 0.2) is 0 Å². The Morgan fingerprint density at radius 3 is 2.50 bits per heavy atom. The van der Waals surface area contributed by atoms with Crippen LogP contribution in [-0.4, -0.2) is 35.6 Å². The van der Waals surface area contributed by atoms with Crippen molar-refractivity contribution >= 4 is 5.91 Å². The number of rotatable bonds is 7. The molecule has 1 aromatic rings. The Hall–Kier alpha value is -1.35. The Kier molecular flexibility index (Phi) is 6.44. The summed E-state index contributed by atoms with van der Waals surface area (Å²) in [5.74, 6) is -0.0432. The summed E-state index contributed by atoms with van der Waals surface area (Å²) in [6, 6.07) is 9.78. The van der Waals surface area contributed by atoms with Crippen LogP contribution in [0.3, 0.4) is 0 Å². The fraction of sp³-hybridized carbons (Fsp3) is 0.533. The van der Waals surface area contributed by atoms with Crippen molar-refractivity contribution in [3.8, 4) is 0 Å². The summed E-state index contributed by atoms with van der Waals surface area (Å²) >= 11 is 0. The van der Waals surface area contributed by atoms with Gasteiger partial charge in [-0.2, -0.15) is 0 Å². The van der Waals surface area contributed by atoms with Crippen LogP contribution in [0, 0.1) is 0 Å². The fourth-order valence-corrected chi connectivity index (χ4v) is 1.96. The molecule has 0 bridgehead atoms. The Morgan fingerprint density at radius 1 is 1.28 bits per heavy atom. The number of aliphatic hydroxyl groups is 1. The van der Waals surface area contributed by atoms with E-state index in [1.807, 2.05) is 37.3 Å². The van der Waals surface area contributed by atoms with Crippen LogP contribution in [0.25, 0.3) is 0 Å². The van der Waals surface area contributed by atoms with Gasteiger partial charge in [0.2, 0.25) is 5.91 Å². The van der Waals surface area contributed by atoms with Crippen molar-refractivity contribution in [1.29, 1.82) is 0 Å². The van der Waals surface area contributed by atoms with E-state index in [0.717, 1.165) is 24.9 Å². The molecule has 0 aromatic heterocycles. The first kappa shape index (κ1) is 14.7. The van der Waals surface area contributed by atoms with E-state index in [9.17, 15) is 4.79 Å². The SMILES string of the molecule is CCCCN(CCO)C(=O)C(C)c1ccccc1. The molecule has 0 aliphatic carbocycles. The zero-order chi connectivity index (χ0) is 13.4. The predicted molar refractivity (Wildman–Crippen MR) is 73.4 cm³/mol.